The molecular formula is C10H19NO3S. The summed E-state index contributed by atoms with van der Waals surface area (Å²) < 4.78 is 25.1. The summed E-state index contributed by atoms with van der Waals surface area (Å²) in [7, 11) is -3.14. The van der Waals surface area contributed by atoms with Gasteiger partial charge < -0.3 is 5.11 Å². The molecule has 0 radical (unpaired) electrons. The van der Waals surface area contributed by atoms with Gasteiger partial charge in [-0.25, -0.2) is 12.7 Å². The predicted molar refractivity (Wildman–Crippen MR) is 60.0 cm³/mol. The molecule has 88 valence electrons. The fourth-order valence-corrected chi connectivity index (χ4v) is 3.36. The Labute approximate surface area is 91.6 Å². The molecule has 15 heavy (non-hydrogen) atoms. The zero-order valence-electron chi connectivity index (χ0n) is 8.93. The zero-order valence-corrected chi connectivity index (χ0v) is 9.75. The molecule has 1 saturated heterocycles. The lowest BCUT2D eigenvalue weighted by Crippen LogP contribution is -2.41. The van der Waals surface area contributed by atoms with Crippen LogP contribution in [-0.4, -0.2) is 43.3 Å². The van der Waals surface area contributed by atoms with Crippen molar-refractivity contribution >= 4 is 10.0 Å². The van der Waals surface area contributed by atoms with Gasteiger partial charge in [0, 0.05) is 19.7 Å². The van der Waals surface area contributed by atoms with Gasteiger partial charge in [-0.1, -0.05) is 6.08 Å². The van der Waals surface area contributed by atoms with Crippen LogP contribution in [0.3, 0.4) is 0 Å². The van der Waals surface area contributed by atoms with E-state index in [4.69, 9.17) is 5.11 Å². The Bertz CT molecular complexity index is 300. The Morgan fingerprint density at radius 3 is 2.87 bits per heavy atom. The molecule has 4 nitrogen and oxygen atoms in total. The number of rotatable bonds is 5. The standard InChI is InChI=1S/C10H19NO3S/c1-2-3-7-15(13,14)11-6-4-5-10(8-11)9-12/h2,10,12H,1,3-9H2. The molecule has 1 unspecified atom stereocenters. The lowest BCUT2D eigenvalue weighted by atomic mass is 10.0. The van der Waals surface area contributed by atoms with Gasteiger partial charge in [-0.05, 0) is 25.2 Å². The third-order valence-corrected chi connectivity index (χ3v) is 4.58. The van der Waals surface area contributed by atoms with E-state index in [9.17, 15) is 8.42 Å². The largest absolute Gasteiger partial charge is 0.396 e. The van der Waals surface area contributed by atoms with E-state index in [-0.39, 0.29) is 18.3 Å². The summed E-state index contributed by atoms with van der Waals surface area (Å²) in [5.41, 5.74) is 0. The summed E-state index contributed by atoms with van der Waals surface area (Å²) >= 11 is 0. The van der Waals surface area contributed by atoms with Crippen molar-refractivity contribution in [3.63, 3.8) is 0 Å². The molecule has 0 amide bonds. The van der Waals surface area contributed by atoms with Crippen LogP contribution in [0.1, 0.15) is 19.3 Å². The van der Waals surface area contributed by atoms with Crippen LogP contribution in [0.5, 0.6) is 0 Å². The summed E-state index contributed by atoms with van der Waals surface area (Å²) in [5, 5.41) is 9.01. The summed E-state index contributed by atoms with van der Waals surface area (Å²) in [4.78, 5) is 0. The number of aliphatic hydroxyl groups excluding tert-OH is 1. The van der Waals surface area contributed by atoms with Crippen molar-refractivity contribution in [1.82, 2.24) is 4.31 Å². The Morgan fingerprint density at radius 2 is 2.27 bits per heavy atom. The summed E-state index contributed by atoms with van der Waals surface area (Å²) in [6.45, 7) is 4.66. The van der Waals surface area contributed by atoms with Crippen LogP contribution >= 0.6 is 0 Å². The van der Waals surface area contributed by atoms with Gasteiger partial charge in [0.15, 0.2) is 0 Å². The first-order valence-corrected chi connectivity index (χ1v) is 6.90. The maximum atomic E-state index is 11.8. The van der Waals surface area contributed by atoms with Crippen molar-refractivity contribution in [1.29, 1.82) is 0 Å². The monoisotopic (exact) mass is 233 g/mol. The molecule has 0 aromatic carbocycles. The topological polar surface area (TPSA) is 57.6 Å². The zero-order chi connectivity index (χ0) is 11.3. The van der Waals surface area contributed by atoms with Crippen molar-refractivity contribution in [3.8, 4) is 0 Å². The first kappa shape index (κ1) is 12.7. The molecule has 1 N–H and O–H groups in total. The predicted octanol–water partition coefficient (Wildman–Crippen LogP) is 0.597. The van der Waals surface area contributed by atoms with E-state index < -0.39 is 10.0 Å². The van der Waals surface area contributed by atoms with Crippen molar-refractivity contribution in [2.75, 3.05) is 25.4 Å². The van der Waals surface area contributed by atoms with Crippen LogP contribution in [0.2, 0.25) is 0 Å². The van der Waals surface area contributed by atoms with E-state index >= 15 is 0 Å². The summed E-state index contributed by atoms with van der Waals surface area (Å²) in [6, 6.07) is 0. The molecule has 0 aromatic heterocycles. The number of hydrogen-bond donors (Lipinski definition) is 1. The molecule has 1 atom stereocenters. The molecule has 0 saturated carbocycles. The van der Waals surface area contributed by atoms with E-state index in [0.717, 1.165) is 12.8 Å². The maximum Gasteiger partial charge on any atom is 0.214 e. The van der Waals surface area contributed by atoms with Gasteiger partial charge in [-0.3, -0.25) is 0 Å². The van der Waals surface area contributed by atoms with E-state index in [1.807, 2.05) is 0 Å². The van der Waals surface area contributed by atoms with Crippen molar-refractivity contribution in [2.45, 2.75) is 19.3 Å². The quantitative estimate of drug-likeness (QED) is 0.707. The van der Waals surface area contributed by atoms with Gasteiger partial charge in [0.05, 0.1) is 5.75 Å². The molecule has 0 bridgehead atoms. The van der Waals surface area contributed by atoms with Crippen LogP contribution in [0.25, 0.3) is 0 Å². The second-order valence-corrected chi connectivity index (χ2v) is 6.03. The Morgan fingerprint density at radius 1 is 1.53 bits per heavy atom. The van der Waals surface area contributed by atoms with Crippen LogP contribution < -0.4 is 0 Å². The fraction of sp³-hybridized carbons (Fsp3) is 0.800. The number of sulfonamides is 1. The molecular weight excluding hydrogens is 214 g/mol. The highest BCUT2D eigenvalue weighted by atomic mass is 32.2. The smallest absolute Gasteiger partial charge is 0.214 e. The van der Waals surface area contributed by atoms with Crippen molar-refractivity contribution < 1.29 is 13.5 Å². The van der Waals surface area contributed by atoms with E-state index in [1.165, 1.54) is 4.31 Å². The minimum absolute atomic E-state index is 0.0769. The molecule has 0 aliphatic carbocycles. The fourth-order valence-electron chi connectivity index (χ4n) is 1.79. The van der Waals surface area contributed by atoms with Gasteiger partial charge in [0.25, 0.3) is 0 Å². The normalized spacial score (nSPS) is 23.9. The molecule has 5 heteroatoms. The Kier molecular flexibility index (Phi) is 4.76. The molecule has 0 spiro atoms. The molecule has 0 aromatic rings. The summed E-state index contributed by atoms with van der Waals surface area (Å²) in [6.07, 6.45) is 3.87. The van der Waals surface area contributed by atoms with Crippen LogP contribution in [0.4, 0.5) is 0 Å². The van der Waals surface area contributed by atoms with Crippen LogP contribution in [0.15, 0.2) is 12.7 Å². The van der Waals surface area contributed by atoms with Gasteiger partial charge >= 0.3 is 0 Å². The molecule has 1 fully saturated rings. The SMILES string of the molecule is C=CCCS(=O)(=O)N1CCCC(CO)C1. The second kappa shape index (κ2) is 5.63. The Hall–Kier alpha value is -0.390. The van der Waals surface area contributed by atoms with E-state index in [1.54, 1.807) is 6.08 Å². The highest BCUT2D eigenvalue weighted by Gasteiger charge is 2.27. The number of aliphatic hydroxyl groups is 1. The van der Waals surface area contributed by atoms with Gasteiger partial charge in [0.1, 0.15) is 0 Å². The van der Waals surface area contributed by atoms with Crippen LogP contribution in [-0.2, 0) is 10.0 Å². The lowest BCUT2D eigenvalue weighted by Gasteiger charge is -2.30. The first-order chi connectivity index (χ1) is 7.10. The minimum atomic E-state index is -3.14. The number of allylic oxidation sites excluding steroid dienone is 1. The van der Waals surface area contributed by atoms with Gasteiger partial charge in [-0.2, -0.15) is 0 Å². The van der Waals surface area contributed by atoms with E-state index in [0.29, 0.717) is 19.5 Å². The number of hydrogen-bond acceptors (Lipinski definition) is 3. The molecule has 1 heterocycles. The highest BCUT2D eigenvalue weighted by molar-refractivity contribution is 7.89. The van der Waals surface area contributed by atoms with E-state index in [2.05, 4.69) is 6.58 Å². The van der Waals surface area contributed by atoms with Crippen LogP contribution in [0, 0.1) is 5.92 Å². The van der Waals surface area contributed by atoms with Gasteiger partial charge in [0.2, 0.25) is 10.0 Å². The minimum Gasteiger partial charge on any atom is -0.396 e. The van der Waals surface area contributed by atoms with Gasteiger partial charge in [-0.15, -0.1) is 6.58 Å². The Balaban J connectivity index is 2.57. The molecule has 1 aliphatic rings. The molecule has 1 rings (SSSR count). The second-order valence-electron chi connectivity index (χ2n) is 3.94. The first-order valence-electron chi connectivity index (χ1n) is 5.29. The lowest BCUT2D eigenvalue weighted by molar-refractivity contribution is 0.165. The highest BCUT2D eigenvalue weighted by Crippen LogP contribution is 2.19. The average Bonchev–Trinajstić information content (AvgIpc) is 2.26. The number of nitrogens with zero attached hydrogens (tertiary/aromatic N) is 1. The average molecular weight is 233 g/mol. The maximum absolute atomic E-state index is 11.8. The number of piperidine rings is 1. The third kappa shape index (κ3) is 3.59. The van der Waals surface area contributed by atoms with Crippen molar-refractivity contribution in [3.05, 3.63) is 12.7 Å². The third-order valence-electron chi connectivity index (χ3n) is 2.71. The molecule has 1 aliphatic heterocycles. The van der Waals surface area contributed by atoms with Crippen molar-refractivity contribution in [2.24, 2.45) is 5.92 Å². The summed E-state index contributed by atoms with van der Waals surface area (Å²) in [5.74, 6) is 0.242.